The second-order valence-corrected chi connectivity index (χ2v) is 4.31. The van der Waals surface area contributed by atoms with Gasteiger partial charge in [0.15, 0.2) is 5.78 Å². The minimum atomic E-state index is -0.479. The topological polar surface area (TPSA) is 43.4 Å². The first kappa shape index (κ1) is 11.0. The summed E-state index contributed by atoms with van der Waals surface area (Å²) in [6.45, 7) is 6.08. The quantitative estimate of drug-likeness (QED) is 0.500. The summed E-state index contributed by atoms with van der Waals surface area (Å²) in [4.78, 5) is 22.9. The Morgan fingerprint density at radius 3 is 2.71 bits per heavy atom. The number of carbonyl (C=O) groups excluding carboxylic acids is 2. The number of ether oxygens (including phenoxy) is 1. The molecule has 0 N–H and O–H groups in total. The van der Waals surface area contributed by atoms with Gasteiger partial charge in [-0.05, 0) is 18.8 Å². The molecule has 0 amide bonds. The third kappa shape index (κ3) is 2.44. The van der Waals surface area contributed by atoms with Crippen LogP contribution in [0.25, 0.3) is 0 Å². The zero-order chi connectivity index (χ0) is 10.8. The smallest absolute Gasteiger partial charge is 0.341 e. The Hall–Kier alpha value is -1.12. The predicted molar refractivity (Wildman–Crippen MR) is 52.7 cm³/mol. The van der Waals surface area contributed by atoms with Crippen LogP contribution >= 0.6 is 0 Å². The first-order valence-electron chi connectivity index (χ1n) is 4.87. The molecule has 14 heavy (non-hydrogen) atoms. The summed E-state index contributed by atoms with van der Waals surface area (Å²) in [5.74, 6) is -0.576. The second-order valence-electron chi connectivity index (χ2n) is 4.31. The SMILES string of the molecule is CCOC(=O)C1=CCC(C)(C)CC1=O. The van der Waals surface area contributed by atoms with E-state index in [1.807, 2.05) is 13.8 Å². The normalized spacial score (nSPS) is 20.2. The summed E-state index contributed by atoms with van der Waals surface area (Å²) >= 11 is 0. The van der Waals surface area contributed by atoms with Crippen molar-refractivity contribution < 1.29 is 14.3 Å². The van der Waals surface area contributed by atoms with E-state index in [9.17, 15) is 9.59 Å². The molecule has 0 saturated heterocycles. The summed E-state index contributed by atoms with van der Waals surface area (Å²) < 4.78 is 4.79. The molecule has 0 aromatic rings. The van der Waals surface area contributed by atoms with Crippen LogP contribution in [0.4, 0.5) is 0 Å². The number of rotatable bonds is 2. The Morgan fingerprint density at radius 2 is 2.21 bits per heavy atom. The summed E-state index contributed by atoms with van der Waals surface area (Å²) in [7, 11) is 0. The van der Waals surface area contributed by atoms with E-state index in [-0.39, 0.29) is 16.8 Å². The number of esters is 1. The fourth-order valence-electron chi connectivity index (χ4n) is 1.50. The summed E-state index contributed by atoms with van der Waals surface area (Å²) in [5.41, 5.74) is 0.207. The highest BCUT2D eigenvalue weighted by Crippen LogP contribution is 2.32. The molecule has 0 bridgehead atoms. The second kappa shape index (κ2) is 3.95. The van der Waals surface area contributed by atoms with E-state index >= 15 is 0 Å². The average Bonchev–Trinajstić information content (AvgIpc) is 2.02. The third-order valence-corrected chi connectivity index (χ3v) is 2.29. The van der Waals surface area contributed by atoms with E-state index < -0.39 is 5.97 Å². The van der Waals surface area contributed by atoms with Gasteiger partial charge in [0.25, 0.3) is 0 Å². The van der Waals surface area contributed by atoms with Gasteiger partial charge in [0, 0.05) is 6.42 Å². The summed E-state index contributed by atoms with van der Waals surface area (Å²) in [6, 6.07) is 0. The van der Waals surface area contributed by atoms with E-state index in [0.717, 1.165) is 6.42 Å². The minimum Gasteiger partial charge on any atom is -0.462 e. The molecular weight excluding hydrogens is 180 g/mol. The van der Waals surface area contributed by atoms with Crippen molar-refractivity contribution in [1.82, 2.24) is 0 Å². The molecule has 1 aliphatic carbocycles. The van der Waals surface area contributed by atoms with Crippen molar-refractivity contribution in [2.75, 3.05) is 6.61 Å². The molecule has 1 aliphatic rings. The Morgan fingerprint density at radius 1 is 1.57 bits per heavy atom. The molecule has 0 unspecified atom stereocenters. The van der Waals surface area contributed by atoms with Gasteiger partial charge in [0.1, 0.15) is 0 Å². The van der Waals surface area contributed by atoms with E-state index in [0.29, 0.717) is 13.0 Å². The lowest BCUT2D eigenvalue weighted by Crippen LogP contribution is -2.26. The van der Waals surface area contributed by atoms with Crippen LogP contribution in [0.3, 0.4) is 0 Å². The highest BCUT2D eigenvalue weighted by Gasteiger charge is 2.31. The van der Waals surface area contributed by atoms with Crippen molar-refractivity contribution in [3.8, 4) is 0 Å². The number of Topliss-reactive ketones (excluding diaryl/α,β-unsaturated/α-hetero) is 1. The van der Waals surface area contributed by atoms with Crippen LogP contribution in [0.1, 0.15) is 33.6 Å². The maximum atomic E-state index is 11.6. The molecule has 0 atom stereocenters. The highest BCUT2D eigenvalue weighted by atomic mass is 16.5. The maximum Gasteiger partial charge on any atom is 0.341 e. The lowest BCUT2D eigenvalue weighted by atomic mass is 9.78. The van der Waals surface area contributed by atoms with Crippen molar-refractivity contribution >= 4 is 11.8 Å². The lowest BCUT2D eigenvalue weighted by Gasteiger charge is -2.26. The molecule has 0 fully saturated rings. The zero-order valence-corrected chi connectivity index (χ0v) is 8.92. The fourth-order valence-corrected chi connectivity index (χ4v) is 1.50. The number of carbonyl (C=O) groups is 2. The molecule has 1 rings (SSSR count). The maximum absolute atomic E-state index is 11.6. The zero-order valence-electron chi connectivity index (χ0n) is 8.92. The molecule has 0 radical (unpaired) electrons. The fraction of sp³-hybridized carbons (Fsp3) is 0.636. The van der Waals surface area contributed by atoms with E-state index in [1.54, 1.807) is 13.0 Å². The van der Waals surface area contributed by atoms with Crippen LogP contribution in [-0.4, -0.2) is 18.4 Å². The Bertz CT molecular complexity index is 287. The van der Waals surface area contributed by atoms with Crippen LogP contribution in [-0.2, 0) is 14.3 Å². The molecule has 0 aromatic heterocycles. The molecule has 78 valence electrons. The molecule has 0 heterocycles. The molecule has 0 aromatic carbocycles. The van der Waals surface area contributed by atoms with Crippen molar-refractivity contribution in [2.45, 2.75) is 33.6 Å². The first-order chi connectivity index (χ1) is 6.46. The molecule has 0 saturated carbocycles. The molecule has 0 aliphatic heterocycles. The van der Waals surface area contributed by atoms with Crippen molar-refractivity contribution in [1.29, 1.82) is 0 Å². The molecule has 3 heteroatoms. The average molecular weight is 196 g/mol. The summed E-state index contributed by atoms with van der Waals surface area (Å²) in [6.07, 6.45) is 2.88. The van der Waals surface area contributed by atoms with Gasteiger partial charge >= 0.3 is 5.97 Å². The van der Waals surface area contributed by atoms with Gasteiger partial charge in [-0.15, -0.1) is 0 Å². The van der Waals surface area contributed by atoms with E-state index in [4.69, 9.17) is 4.74 Å². The first-order valence-corrected chi connectivity index (χ1v) is 4.87. The molecule has 3 nitrogen and oxygen atoms in total. The van der Waals surface area contributed by atoms with Crippen LogP contribution in [0.2, 0.25) is 0 Å². The van der Waals surface area contributed by atoms with Gasteiger partial charge in [-0.25, -0.2) is 4.79 Å². The highest BCUT2D eigenvalue weighted by molar-refractivity contribution is 6.17. The summed E-state index contributed by atoms with van der Waals surface area (Å²) in [5, 5.41) is 0. The van der Waals surface area contributed by atoms with Gasteiger partial charge < -0.3 is 4.74 Å². The van der Waals surface area contributed by atoms with Gasteiger partial charge in [-0.2, -0.15) is 0 Å². The van der Waals surface area contributed by atoms with Crippen molar-refractivity contribution in [3.05, 3.63) is 11.6 Å². The number of ketones is 1. The van der Waals surface area contributed by atoms with Crippen LogP contribution in [0, 0.1) is 5.41 Å². The van der Waals surface area contributed by atoms with Gasteiger partial charge in [0.05, 0.1) is 12.2 Å². The standard InChI is InChI=1S/C11H16O3/c1-4-14-10(13)8-5-6-11(2,3)7-9(8)12/h5H,4,6-7H2,1-3H3. The van der Waals surface area contributed by atoms with Crippen molar-refractivity contribution in [3.63, 3.8) is 0 Å². The number of hydrogen-bond acceptors (Lipinski definition) is 3. The van der Waals surface area contributed by atoms with Gasteiger partial charge in [-0.3, -0.25) is 4.79 Å². The lowest BCUT2D eigenvalue weighted by molar-refractivity contribution is -0.140. The van der Waals surface area contributed by atoms with Crippen LogP contribution in [0.15, 0.2) is 11.6 Å². The molecule has 0 spiro atoms. The van der Waals surface area contributed by atoms with E-state index in [1.165, 1.54) is 0 Å². The number of hydrogen-bond donors (Lipinski definition) is 0. The van der Waals surface area contributed by atoms with Gasteiger partial charge in [-0.1, -0.05) is 19.9 Å². The largest absolute Gasteiger partial charge is 0.462 e. The molecular formula is C11H16O3. The Balaban J connectivity index is 2.77. The Labute approximate surface area is 84.1 Å². The van der Waals surface area contributed by atoms with E-state index in [2.05, 4.69) is 0 Å². The predicted octanol–water partition coefficient (Wildman–Crippen LogP) is 1.86. The Kier molecular flexibility index (Phi) is 3.09. The van der Waals surface area contributed by atoms with Gasteiger partial charge in [0.2, 0.25) is 0 Å². The van der Waals surface area contributed by atoms with Crippen molar-refractivity contribution in [2.24, 2.45) is 5.41 Å². The van der Waals surface area contributed by atoms with Crippen LogP contribution in [0.5, 0.6) is 0 Å². The monoisotopic (exact) mass is 196 g/mol. The minimum absolute atomic E-state index is 0.0208. The van der Waals surface area contributed by atoms with Crippen LogP contribution < -0.4 is 0 Å². The third-order valence-electron chi connectivity index (χ3n) is 2.29. The number of allylic oxidation sites excluding steroid dienone is 1.